The molecule has 11 heteroatoms. The lowest BCUT2D eigenvalue weighted by Crippen LogP contribution is -2.83. The van der Waals surface area contributed by atoms with Crippen molar-refractivity contribution in [1.29, 1.82) is 0 Å². The number of rotatable bonds is 7. The van der Waals surface area contributed by atoms with Gasteiger partial charge in [0.05, 0.1) is 5.02 Å². The smallest absolute Gasteiger partial charge is 0.433 e. The molecule has 33 heavy (non-hydrogen) atoms. The van der Waals surface area contributed by atoms with Crippen LogP contribution >= 0.6 is 11.6 Å². The largest absolute Gasteiger partial charge is 0.484 e. The van der Waals surface area contributed by atoms with E-state index in [4.69, 9.17) is 16.3 Å². The Morgan fingerprint density at radius 2 is 1.82 bits per heavy atom. The molecule has 2 aromatic rings. The van der Waals surface area contributed by atoms with Crippen molar-refractivity contribution in [2.24, 2.45) is 0 Å². The van der Waals surface area contributed by atoms with Crippen LogP contribution in [0.25, 0.3) is 6.08 Å². The Balaban J connectivity index is 1.20. The Morgan fingerprint density at radius 3 is 2.42 bits per heavy atom. The van der Waals surface area contributed by atoms with E-state index in [2.05, 4.69) is 15.6 Å². The van der Waals surface area contributed by atoms with Gasteiger partial charge < -0.3 is 15.4 Å². The van der Waals surface area contributed by atoms with E-state index in [0.717, 1.165) is 18.3 Å². The third-order valence-electron chi connectivity index (χ3n) is 5.59. The second kappa shape index (κ2) is 8.33. The SMILES string of the molecule is O=C(/C=C/c1ccc(C(F)(F)F)nc1)NC12CC(NC(=O)COc3ccc(Cl)c(F)c3)(C1)C2. The molecular weight excluding hydrogens is 466 g/mol. The molecule has 1 heterocycles. The second-order valence-electron chi connectivity index (χ2n) is 8.30. The summed E-state index contributed by atoms with van der Waals surface area (Å²) in [4.78, 5) is 27.6. The Morgan fingerprint density at radius 1 is 1.12 bits per heavy atom. The lowest BCUT2D eigenvalue weighted by molar-refractivity contribution is -0.148. The zero-order chi connectivity index (χ0) is 23.9. The molecule has 0 spiro atoms. The highest BCUT2D eigenvalue weighted by molar-refractivity contribution is 6.30. The molecule has 174 valence electrons. The molecule has 3 aliphatic carbocycles. The van der Waals surface area contributed by atoms with Gasteiger partial charge in [-0.25, -0.2) is 4.39 Å². The van der Waals surface area contributed by atoms with Crippen LogP contribution in [-0.2, 0) is 15.8 Å². The van der Waals surface area contributed by atoms with Gasteiger partial charge in [0.2, 0.25) is 5.91 Å². The first kappa shape index (κ1) is 23.0. The van der Waals surface area contributed by atoms with Crippen molar-refractivity contribution < 1.29 is 31.9 Å². The van der Waals surface area contributed by atoms with Gasteiger partial charge in [-0.15, -0.1) is 0 Å². The zero-order valence-corrected chi connectivity index (χ0v) is 17.8. The van der Waals surface area contributed by atoms with Gasteiger partial charge in [0.25, 0.3) is 5.91 Å². The van der Waals surface area contributed by atoms with E-state index >= 15 is 0 Å². The van der Waals surface area contributed by atoms with Gasteiger partial charge >= 0.3 is 6.18 Å². The Kier molecular flexibility index (Phi) is 5.81. The Bertz CT molecular complexity index is 1100. The van der Waals surface area contributed by atoms with E-state index < -0.39 is 28.8 Å². The molecule has 3 fully saturated rings. The number of hydrogen-bond acceptors (Lipinski definition) is 4. The standard InChI is InChI=1S/C22H18ClF4N3O3/c23-15-4-3-14(7-16(15)24)33-9-19(32)30-21-10-20(11-21,12-21)29-18(31)6-2-13-1-5-17(28-8-13)22(25,26)27/h1-8H,9-12H2,(H,29,31)(H,30,32)/b6-2+. The minimum Gasteiger partial charge on any atom is -0.484 e. The van der Waals surface area contributed by atoms with Crippen molar-refractivity contribution in [1.82, 2.24) is 15.6 Å². The molecule has 1 aromatic carbocycles. The number of hydrogen-bond donors (Lipinski definition) is 2. The minimum atomic E-state index is -4.52. The first-order valence-corrected chi connectivity index (χ1v) is 10.3. The summed E-state index contributed by atoms with van der Waals surface area (Å²) in [7, 11) is 0. The maximum Gasteiger partial charge on any atom is 0.433 e. The number of carbonyl (C=O) groups excluding carboxylic acids is 2. The number of carbonyl (C=O) groups is 2. The van der Waals surface area contributed by atoms with E-state index in [1.807, 2.05) is 0 Å². The first-order valence-electron chi connectivity index (χ1n) is 9.90. The van der Waals surface area contributed by atoms with Gasteiger partial charge in [-0.2, -0.15) is 13.2 Å². The average molecular weight is 484 g/mol. The van der Waals surface area contributed by atoms with E-state index in [-0.39, 0.29) is 29.2 Å². The topological polar surface area (TPSA) is 80.3 Å². The molecule has 0 aliphatic heterocycles. The molecule has 0 atom stereocenters. The minimum absolute atomic E-state index is 0.0427. The van der Waals surface area contributed by atoms with Crippen molar-refractivity contribution in [3.05, 3.63) is 64.7 Å². The van der Waals surface area contributed by atoms with Gasteiger partial charge in [-0.3, -0.25) is 14.6 Å². The summed E-state index contributed by atoms with van der Waals surface area (Å²) in [6.45, 7) is -0.286. The van der Waals surface area contributed by atoms with Gasteiger partial charge in [0.1, 0.15) is 17.3 Å². The molecule has 3 aliphatic rings. The van der Waals surface area contributed by atoms with Gasteiger partial charge in [-0.1, -0.05) is 17.7 Å². The lowest BCUT2D eigenvalue weighted by atomic mass is 9.44. The molecule has 2 amide bonds. The first-order chi connectivity index (χ1) is 15.5. The monoisotopic (exact) mass is 483 g/mol. The maximum absolute atomic E-state index is 13.4. The summed E-state index contributed by atoms with van der Waals surface area (Å²) in [5, 5.41) is 5.70. The second-order valence-corrected chi connectivity index (χ2v) is 8.71. The normalized spacial score (nSPS) is 23.4. The van der Waals surface area contributed by atoms with Gasteiger partial charge in [0, 0.05) is 29.4 Å². The lowest BCUT2D eigenvalue weighted by Gasteiger charge is -2.70. The van der Waals surface area contributed by atoms with Crippen LogP contribution in [-0.4, -0.2) is 34.5 Å². The molecule has 0 saturated heterocycles. The van der Waals surface area contributed by atoms with E-state index in [9.17, 15) is 27.2 Å². The third kappa shape index (κ3) is 5.11. The number of halogens is 5. The predicted molar refractivity (Wildman–Crippen MR) is 111 cm³/mol. The highest BCUT2D eigenvalue weighted by Gasteiger charge is 2.69. The van der Waals surface area contributed by atoms with Crippen LogP contribution < -0.4 is 15.4 Å². The average Bonchev–Trinajstić information content (AvgIpc) is 2.70. The summed E-state index contributed by atoms with van der Waals surface area (Å²) in [6.07, 6.45) is 0.805. The van der Waals surface area contributed by atoms with Crippen molar-refractivity contribution in [3.8, 4) is 5.75 Å². The molecule has 3 saturated carbocycles. The van der Waals surface area contributed by atoms with E-state index in [1.165, 1.54) is 30.4 Å². The van der Waals surface area contributed by atoms with E-state index in [1.54, 1.807) is 0 Å². The zero-order valence-electron chi connectivity index (χ0n) is 17.0. The summed E-state index contributed by atoms with van der Waals surface area (Å²) >= 11 is 5.60. The molecule has 2 N–H and O–H groups in total. The molecule has 0 unspecified atom stereocenters. The predicted octanol–water partition coefficient (Wildman–Crippen LogP) is 3.89. The molecule has 2 bridgehead atoms. The summed E-state index contributed by atoms with van der Waals surface area (Å²) in [5.41, 5.74) is -1.45. The number of nitrogens with zero attached hydrogens (tertiary/aromatic N) is 1. The quantitative estimate of drug-likeness (QED) is 0.462. The van der Waals surface area contributed by atoms with Crippen molar-refractivity contribution in [2.75, 3.05) is 6.61 Å². The highest BCUT2D eigenvalue weighted by atomic mass is 35.5. The molecule has 6 nitrogen and oxygen atoms in total. The Hall–Kier alpha value is -3.14. The van der Waals surface area contributed by atoms with Crippen LogP contribution in [0.1, 0.15) is 30.5 Å². The number of alkyl halides is 3. The number of benzene rings is 1. The highest BCUT2D eigenvalue weighted by Crippen LogP contribution is 2.60. The van der Waals surface area contributed by atoms with Crippen molar-refractivity contribution in [3.63, 3.8) is 0 Å². The number of aromatic nitrogens is 1. The van der Waals surface area contributed by atoms with Crippen molar-refractivity contribution >= 4 is 29.5 Å². The third-order valence-corrected chi connectivity index (χ3v) is 5.89. The fourth-order valence-corrected chi connectivity index (χ4v) is 4.36. The van der Waals surface area contributed by atoms with Crippen LogP contribution in [0.15, 0.2) is 42.6 Å². The summed E-state index contributed by atoms with van der Waals surface area (Å²) < 4.78 is 56.3. The van der Waals surface area contributed by atoms with Gasteiger partial charge in [-0.05, 0) is 49.1 Å². The number of amides is 2. The molecule has 5 rings (SSSR count). The number of pyridine rings is 1. The van der Waals surface area contributed by atoms with Crippen LogP contribution in [0, 0.1) is 5.82 Å². The van der Waals surface area contributed by atoms with Crippen LogP contribution in [0.5, 0.6) is 5.75 Å². The fraction of sp³-hybridized carbons (Fsp3) is 0.318. The molecular formula is C22H18ClF4N3O3. The number of ether oxygens (including phenoxy) is 1. The molecule has 1 aromatic heterocycles. The van der Waals surface area contributed by atoms with Crippen LogP contribution in [0.2, 0.25) is 5.02 Å². The maximum atomic E-state index is 13.4. The number of nitrogens with one attached hydrogen (secondary N) is 2. The molecule has 0 radical (unpaired) electrons. The Labute approximate surface area is 191 Å². The van der Waals surface area contributed by atoms with Crippen LogP contribution in [0.3, 0.4) is 0 Å². The van der Waals surface area contributed by atoms with E-state index in [0.29, 0.717) is 24.8 Å². The fourth-order valence-electron chi connectivity index (χ4n) is 4.25. The van der Waals surface area contributed by atoms with Crippen molar-refractivity contribution in [2.45, 2.75) is 36.5 Å². The summed E-state index contributed by atoms with van der Waals surface area (Å²) in [6, 6.07) is 5.96. The van der Waals surface area contributed by atoms with Crippen LogP contribution in [0.4, 0.5) is 17.6 Å². The summed E-state index contributed by atoms with van der Waals surface area (Å²) in [5.74, 6) is -1.21. The van der Waals surface area contributed by atoms with Gasteiger partial charge in [0.15, 0.2) is 6.61 Å².